The molecule has 0 radical (unpaired) electrons. The van der Waals surface area contributed by atoms with E-state index >= 15 is 0 Å². The van der Waals surface area contributed by atoms with Crippen molar-refractivity contribution < 1.29 is 8.78 Å². The van der Waals surface area contributed by atoms with Crippen molar-refractivity contribution >= 4 is 0 Å². The number of alkyl halides is 2. The second-order valence-corrected chi connectivity index (χ2v) is 5.81. The molecular formula is C16H24F2N2. The maximum Gasteiger partial charge on any atom is 0.285 e. The van der Waals surface area contributed by atoms with Crippen LogP contribution >= 0.6 is 0 Å². The first-order valence-electron chi connectivity index (χ1n) is 7.44. The van der Waals surface area contributed by atoms with Crippen molar-refractivity contribution in [1.29, 1.82) is 0 Å². The number of hydrogen-bond donors (Lipinski definition) is 1. The molecule has 1 aliphatic rings. The molecular weight excluding hydrogens is 258 g/mol. The summed E-state index contributed by atoms with van der Waals surface area (Å²) in [5.41, 5.74) is 0.0831. The van der Waals surface area contributed by atoms with Crippen LogP contribution in [-0.2, 0) is 5.92 Å². The highest BCUT2D eigenvalue weighted by atomic mass is 19.3. The summed E-state index contributed by atoms with van der Waals surface area (Å²) in [6.45, 7) is 5.78. The fourth-order valence-electron chi connectivity index (χ4n) is 2.73. The third-order valence-electron chi connectivity index (χ3n) is 3.80. The number of halogens is 2. The van der Waals surface area contributed by atoms with Crippen molar-refractivity contribution in [3.05, 3.63) is 35.9 Å². The summed E-state index contributed by atoms with van der Waals surface area (Å²) in [4.78, 5) is 2.42. The molecule has 0 bridgehead atoms. The Labute approximate surface area is 120 Å². The second kappa shape index (κ2) is 7.14. The molecule has 0 amide bonds. The van der Waals surface area contributed by atoms with E-state index < -0.39 is 5.92 Å². The Morgan fingerprint density at radius 2 is 1.85 bits per heavy atom. The van der Waals surface area contributed by atoms with Crippen molar-refractivity contribution in [3.63, 3.8) is 0 Å². The van der Waals surface area contributed by atoms with E-state index in [9.17, 15) is 8.78 Å². The number of hydrogen-bond acceptors (Lipinski definition) is 2. The Morgan fingerprint density at radius 3 is 2.50 bits per heavy atom. The average molecular weight is 282 g/mol. The third-order valence-corrected chi connectivity index (χ3v) is 3.80. The Hall–Kier alpha value is -1.00. The zero-order valence-corrected chi connectivity index (χ0v) is 12.1. The minimum Gasteiger partial charge on any atom is -0.311 e. The third kappa shape index (κ3) is 4.53. The highest BCUT2D eigenvalue weighted by Gasteiger charge is 2.30. The normalized spacial score (nSPS) is 18.4. The van der Waals surface area contributed by atoms with Gasteiger partial charge in [-0.3, -0.25) is 0 Å². The molecule has 0 aliphatic carbocycles. The predicted molar refractivity (Wildman–Crippen MR) is 78.0 cm³/mol. The number of rotatable bonds is 7. The topological polar surface area (TPSA) is 15.3 Å². The van der Waals surface area contributed by atoms with Gasteiger partial charge in [0.2, 0.25) is 0 Å². The van der Waals surface area contributed by atoms with Gasteiger partial charge in [0.05, 0.1) is 6.54 Å². The molecule has 1 N–H and O–H groups in total. The van der Waals surface area contributed by atoms with Crippen LogP contribution in [0.15, 0.2) is 30.3 Å². The molecule has 112 valence electrons. The van der Waals surface area contributed by atoms with Crippen LogP contribution in [-0.4, -0.2) is 37.6 Å². The molecule has 0 aromatic heterocycles. The standard InChI is InChI=1S/C16H24F2N2/c1-14(12-20-9-5-6-10-20)11-19-13-16(17,18)15-7-3-2-4-8-15/h2-4,7-8,14,19H,5-6,9-13H2,1H3. The molecule has 1 unspecified atom stereocenters. The van der Waals surface area contributed by atoms with Gasteiger partial charge in [-0.2, -0.15) is 8.78 Å². The van der Waals surface area contributed by atoms with E-state index in [-0.39, 0.29) is 12.1 Å². The predicted octanol–water partition coefficient (Wildman–Crippen LogP) is 3.10. The average Bonchev–Trinajstić information content (AvgIpc) is 2.92. The van der Waals surface area contributed by atoms with Crippen molar-refractivity contribution in [1.82, 2.24) is 10.2 Å². The highest BCUT2D eigenvalue weighted by molar-refractivity contribution is 5.20. The molecule has 1 aromatic carbocycles. The van der Waals surface area contributed by atoms with E-state index in [1.165, 1.54) is 25.0 Å². The van der Waals surface area contributed by atoms with E-state index in [1.807, 2.05) is 0 Å². The summed E-state index contributed by atoms with van der Waals surface area (Å²) in [7, 11) is 0. The fourth-order valence-corrected chi connectivity index (χ4v) is 2.73. The van der Waals surface area contributed by atoms with E-state index in [4.69, 9.17) is 0 Å². The molecule has 1 fully saturated rings. The Morgan fingerprint density at radius 1 is 1.20 bits per heavy atom. The van der Waals surface area contributed by atoms with Crippen LogP contribution in [0, 0.1) is 5.92 Å². The second-order valence-electron chi connectivity index (χ2n) is 5.81. The highest BCUT2D eigenvalue weighted by Crippen LogP contribution is 2.26. The number of benzene rings is 1. The Kier molecular flexibility index (Phi) is 5.49. The molecule has 1 aliphatic heterocycles. The quantitative estimate of drug-likeness (QED) is 0.826. The van der Waals surface area contributed by atoms with Gasteiger partial charge in [-0.05, 0) is 38.4 Å². The number of nitrogens with one attached hydrogen (secondary N) is 1. The van der Waals surface area contributed by atoms with Gasteiger partial charge in [0.25, 0.3) is 5.92 Å². The van der Waals surface area contributed by atoms with E-state index in [0.717, 1.165) is 19.6 Å². The molecule has 0 spiro atoms. The lowest BCUT2D eigenvalue weighted by Gasteiger charge is -2.22. The first-order chi connectivity index (χ1) is 9.58. The first-order valence-corrected chi connectivity index (χ1v) is 7.44. The van der Waals surface area contributed by atoms with Crippen LogP contribution in [0.25, 0.3) is 0 Å². The number of nitrogens with zero attached hydrogens (tertiary/aromatic N) is 1. The van der Waals surface area contributed by atoms with Gasteiger partial charge in [-0.25, -0.2) is 0 Å². The van der Waals surface area contributed by atoms with Crippen LogP contribution < -0.4 is 5.32 Å². The SMILES string of the molecule is CC(CNCC(F)(F)c1ccccc1)CN1CCCC1. The van der Waals surface area contributed by atoms with Crippen molar-refractivity contribution in [2.45, 2.75) is 25.7 Å². The van der Waals surface area contributed by atoms with Crippen molar-refractivity contribution in [3.8, 4) is 0 Å². The van der Waals surface area contributed by atoms with Crippen LogP contribution in [0.2, 0.25) is 0 Å². The lowest BCUT2D eigenvalue weighted by atomic mass is 10.1. The summed E-state index contributed by atoms with van der Waals surface area (Å²) in [5, 5.41) is 2.92. The van der Waals surface area contributed by atoms with Gasteiger partial charge < -0.3 is 10.2 Å². The van der Waals surface area contributed by atoms with E-state index in [2.05, 4.69) is 17.1 Å². The van der Waals surface area contributed by atoms with E-state index in [1.54, 1.807) is 18.2 Å². The summed E-state index contributed by atoms with van der Waals surface area (Å²) in [6, 6.07) is 8.02. The molecule has 1 aromatic rings. The van der Waals surface area contributed by atoms with Gasteiger partial charge in [0.15, 0.2) is 0 Å². The van der Waals surface area contributed by atoms with Gasteiger partial charge in [-0.15, -0.1) is 0 Å². The molecule has 0 saturated carbocycles. The molecule has 1 atom stereocenters. The fraction of sp³-hybridized carbons (Fsp3) is 0.625. The lowest BCUT2D eigenvalue weighted by Crippen LogP contribution is -2.36. The first kappa shape index (κ1) is 15.4. The maximum atomic E-state index is 13.9. The Bertz CT molecular complexity index is 389. The molecule has 1 heterocycles. The summed E-state index contributed by atoms with van der Waals surface area (Å²) >= 11 is 0. The molecule has 2 nitrogen and oxygen atoms in total. The zero-order valence-electron chi connectivity index (χ0n) is 12.1. The van der Waals surface area contributed by atoms with Crippen LogP contribution in [0.3, 0.4) is 0 Å². The molecule has 4 heteroatoms. The van der Waals surface area contributed by atoms with Crippen LogP contribution in [0.4, 0.5) is 8.78 Å². The minimum atomic E-state index is -2.80. The largest absolute Gasteiger partial charge is 0.311 e. The summed E-state index contributed by atoms with van der Waals surface area (Å²) in [5.74, 6) is -2.39. The maximum absolute atomic E-state index is 13.9. The van der Waals surface area contributed by atoms with Gasteiger partial charge in [0, 0.05) is 12.1 Å². The Balaban J connectivity index is 1.71. The summed E-state index contributed by atoms with van der Waals surface area (Å²) < 4.78 is 27.9. The smallest absolute Gasteiger partial charge is 0.285 e. The summed E-state index contributed by atoms with van der Waals surface area (Å²) in [6.07, 6.45) is 2.54. The van der Waals surface area contributed by atoms with Crippen molar-refractivity contribution in [2.24, 2.45) is 5.92 Å². The molecule has 1 saturated heterocycles. The lowest BCUT2D eigenvalue weighted by molar-refractivity contribution is -0.00388. The monoisotopic (exact) mass is 282 g/mol. The van der Waals surface area contributed by atoms with Gasteiger partial charge in [0.1, 0.15) is 0 Å². The molecule has 2 rings (SSSR count). The van der Waals surface area contributed by atoms with Crippen LogP contribution in [0.5, 0.6) is 0 Å². The number of likely N-dealkylation sites (tertiary alicyclic amines) is 1. The minimum absolute atomic E-state index is 0.0831. The van der Waals surface area contributed by atoms with Crippen molar-refractivity contribution in [2.75, 3.05) is 32.7 Å². The van der Waals surface area contributed by atoms with Gasteiger partial charge in [-0.1, -0.05) is 37.3 Å². The zero-order chi connectivity index (χ0) is 14.4. The molecule has 20 heavy (non-hydrogen) atoms. The van der Waals surface area contributed by atoms with Gasteiger partial charge >= 0.3 is 0 Å². The van der Waals surface area contributed by atoms with E-state index in [0.29, 0.717) is 12.5 Å². The van der Waals surface area contributed by atoms with Crippen LogP contribution in [0.1, 0.15) is 25.3 Å².